The predicted octanol–water partition coefficient (Wildman–Crippen LogP) is 4.29. The van der Waals surface area contributed by atoms with Crippen LogP contribution in [0.15, 0.2) is 72.8 Å². The van der Waals surface area contributed by atoms with Gasteiger partial charge in [0, 0.05) is 45.1 Å². The van der Waals surface area contributed by atoms with Crippen LogP contribution in [0.4, 0.5) is 0 Å². The second-order valence-corrected chi connectivity index (χ2v) is 11.1. The topological polar surface area (TPSA) is 107 Å². The summed E-state index contributed by atoms with van der Waals surface area (Å²) in [4.78, 5) is 25.8. The summed E-state index contributed by atoms with van der Waals surface area (Å²) in [5.74, 6) is -0.830. The average Bonchev–Trinajstić information content (AvgIpc) is 3.04. The van der Waals surface area contributed by atoms with Crippen LogP contribution in [-0.4, -0.2) is 66.9 Å². The highest BCUT2D eigenvalue weighted by Crippen LogP contribution is 2.38. The van der Waals surface area contributed by atoms with Crippen molar-refractivity contribution < 1.29 is 33.6 Å². The molecule has 9 heteroatoms. The van der Waals surface area contributed by atoms with Gasteiger partial charge in [-0.05, 0) is 40.8 Å². The van der Waals surface area contributed by atoms with Gasteiger partial charge < -0.3 is 29.4 Å². The molecule has 2 saturated heterocycles. The van der Waals surface area contributed by atoms with Crippen LogP contribution >= 0.6 is 0 Å². The molecule has 0 bridgehead atoms. The van der Waals surface area contributed by atoms with Gasteiger partial charge in [0.05, 0.1) is 32.0 Å². The van der Waals surface area contributed by atoms with Gasteiger partial charge in [-0.15, -0.1) is 0 Å². The van der Waals surface area contributed by atoms with Crippen LogP contribution in [0.3, 0.4) is 0 Å². The Kier molecular flexibility index (Phi) is 10.6. The van der Waals surface area contributed by atoms with E-state index in [9.17, 15) is 14.7 Å². The number of benzene rings is 3. The van der Waals surface area contributed by atoms with Crippen LogP contribution < -0.4 is 5.32 Å². The van der Waals surface area contributed by atoms with Crippen molar-refractivity contribution in [3.63, 3.8) is 0 Å². The molecule has 43 heavy (non-hydrogen) atoms. The normalized spacial score (nSPS) is 21.6. The number of esters is 1. The summed E-state index contributed by atoms with van der Waals surface area (Å²) < 4.78 is 23.5. The van der Waals surface area contributed by atoms with Crippen LogP contribution in [-0.2, 0) is 41.7 Å². The predicted molar refractivity (Wildman–Crippen MR) is 161 cm³/mol. The molecule has 4 unspecified atom stereocenters. The number of nitrogens with zero attached hydrogens (tertiary/aromatic N) is 1. The number of hydrogen-bond acceptors (Lipinski definition) is 8. The number of rotatable bonds is 10. The minimum atomic E-state index is -0.842. The first-order valence-corrected chi connectivity index (χ1v) is 14.8. The Bertz CT molecular complexity index is 1360. The van der Waals surface area contributed by atoms with Gasteiger partial charge >= 0.3 is 5.97 Å². The molecule has 2 aliphatic rings. The van der Waals surface area contributed by atoms with Crippen LogP contribution in [0.2, 0.25) is 0 Å². The highest BCUT2D eigenvalue weighted by atomic mass is 16.7. The summed E-state index contributed by atoms with van der Waals surface area (Å²) in [6.07, 6.45) is -0.752. The van der Waals surface area contributed by atoms with E-state index in [4.69, 9.17) is 18.9 Å². The zero-order valence-electron chi connectivity index (χ0n) is 24.7. The molecular weight excluding hydrogens is 548 g/mol. The van der Waals surface area contributed by atoms with E-state index in [1.54, 1.807) is 6.92 Å². The molecule has 0 aromatic heterocycles. The molecule has 228 valence electrons. The third-order valence-electron chi connectivity index (χ3n) is 7.80. The van der Waals surface area contributed by atoms with E-state index in [1.807, 2.05) is 60.7 Å². The quantitative estimate of drug-likeness (QED) is 0.338. The number of ether oxygens (including phenoxy) is 4. The molecule has 4 atom stereocenters. The van der Waals surface area contributed by atoms with E-state index < -0.39 is 18.4 Å². The molecule has 2 aliphatic heterocycles. The Morgan fingerprint density at radius 3 is 2.37 bits per heavy atom. The SMILES string of the molecule is CC(=O)OC(C)C(=O)NCc1cccc(-c2ccc(C3OC(CN4CCOCC4)CC(c4ccc(CO)cc4)O3)cc2)c1. The Hall–Kier alpha value is -3.60. The summed E-state index contributed by atoms with van der Waals surface area (Å²) in [5.41, 5.74) is 5.86. The number of nitrogens with one attached hydrogen (secondary N) is 1. The van der Waals surface area contributed by atoms with E-state index in [0.717, 1.165) is 72.6 Å². The maximum atomic E-state index is 12.2. The van der Waals surface area contributed by atoms with Gasteiger partial charge in [-0.2, -0.15) is 0 Å². The second kappa shape index (κ2) is 14.7. The van der Waals surface area contributed by atoms with E-state index >= 15 is 0 Å². The van der Waals surface area contributed by atoms with E-state index in [2.05, 4.69) is 22.3 Å². The van der Waals surface area contributed by atoms with Crippen molar-refractivity contribution in [1.82, 2.24) is 10.2 Å². The molecule has 0 spiro atoms. The summed E-state index contributed by atoms with van der Waals surface area (Å²) in [6.45, 7) is 7.24. The zero-order valence-corrected chi connectivity index (χ0v) is 24.7. The van der Waals surface area contributed by atoms with Gasteiger partial charge in [0.2, 0.25) is 0 Å². The Labute approximate surface area is 252 Å². The van der Waals surface area contributed by atoms with E-state index in [1.165, 1.54) is 6.92 Å². The number of aliphatic hydroxyl groups is 1. The maximum absolute atomic E-state index is 12.2. The molecule has 9 nitrogen and oxygen atoms in total. The fourth-order valence-corrected chi connectivity index (χ4v) is 5.43. The van der Waals surface area contributed by atoms with Gasteiger partial charge in [-0.3, -0.25) is 14.5 Å². The lowest BCUT2D eigenvalue weighted by Crippen LogP contribution is -2.44. The third-order valence-corrected chi connectivity index (χ3v) is 7.80. The summed E-state index contributed by atoms with van der Waals surface area (Å²) in [6, 6.07) is 24.1. The molecule has 2 N–H and O–H groups in total. The van der Waals surface area contributed by atoms with Gasteiger partial charge in [0.25, 0.3) is 5.91 Å². The second-order valence-electron chi connectivity index (χ2n) is 11.1. The van der Waals surface area contributed by atoms with Crippen molar-refractivity contribution in [2.45, 2.75) is 58.0 Å². The lowest BCUT2D eigenvalue weighted by Gasteiger charge is -2.39. The Morgan fingerprint density at radius 2 is 1.67 bits per heavy atom. The van der Waals surface area contributed by atoms with Gasteiger partial charge in [0.1, 0.15) is 0 Å². The van der Waals surface area contributed by atoms with Crippen LogP contribution in [0.25, 0.3) is 11.1 Å². The zero-order chi connectivity index (χ0) is 30.2. The smallest absolute Gasteiger partial charge is 0.303 e. The Balaban J connectivity index is 1.28. The first kappa shape index (κ1) is 30.8. The lowest BCUT2D eigenvalue weighted by molar-refractivity contribution is -0.253. The van der Waals surface area contributed by atoms with E-state index in [0.29, 0.717) is 6.54 Å². The van der Waals surface area contributed by atoms with Gasteiger partial charge in [-0.1, -0.05) is 66.7 Å². The molecule has 0 radical (unpaired) electrons. The summed E-state index contributed by atoms with van der Waals surface area (Å²) >= 11 is 0. The van der Waals surface area contributed by atoms with Crippen molar-refractivity contribution in [1.29, 1.82) is 0 Å². The maximum Gasteiger partial charge on any atom is 0.303 e. The van der Waals surface area contributed by atoms with Crippen molar-refractivity contribution in [2.75, 3.05) is 32.8 Å². The van der Waals surface area contributed by atoms with Crippen molar-refractivity contribution in [3.05, 3.63) is 95.1 Å². The first-order valence-electron chi connectivity index (χ1n) is 14.8. The highest BCUT2D eigenvalue weighted by Gasteiger charge is 2.33. The van der Waals surface area contributed by atoms with Crippen LogP contribution in [0, 0.1) is 0 Å². The molecule has 0 saturated carbocycles. The number of carbonyl (C=O) groups excluding carboxylic acids is 2. The van der Waals surface area contributed by atoms with Crippen LogP contribution in [0.1, 0.15) is 54.9 Å². The molecule has 0 aliphatic carbocycles. The molecule has 2 heterocycles. The van der Waals surface area contributed by atoms with Crippen molar-refractivity contribution >= 4 is 11.9 Å². The molecular formula is C34H40N2O7. The van der Waals surface area contributed by atoms with E-state index in [-0.39, 0.29) is 24.7 Å². The number of carbonyl (C=O) groups is 2. The fourth-order valence-electron chi connectivity index (χ4n) is 5.43. The summed E-state index contributed by atoms with van der Waals surface area (Å²) in [5, 5.41) is 12.3. The lowest BCUT2D eigenvalue weighted by atomic mass is 9.99. The Morgan fingerprint density at radius 1 is 0.953 bits per heavy atom. The largest absolute Gasteiger partial charge is 0.453 e. The third kappa shape index (κ3) is 8.49. The monoisotopic (exact) mass is 588 g/mol. The first-order chi connectivity index (χ1) is 20.9. The minimum Gasteiger partial charge on any atom is -0.453 e. The number of morpholine rings is 1. The number of aliphatic hydroxyl groups excluding tert-OH is 1. The number of amides is 1. The molecule has 1 amide bonds. The molecule has 2 fully saturated rings. The van der Waals surface area contributed by atoms with Gasteiger partial charge in [-0.25, -0.2) is 0 Å². The summed E-state index contributed by atoms with van der Waals surface area (Å²) in [7, 11) is 0. The molecule has 3 aromatic carbocycles. The average molecular weight is 589 g/mol. The minimum absolute atomic E-state index is 0.00509. The molecule has 5 rings (SSSR count). The highest BCUT2D eigenvalue weighted by molar-refractivity contribution is 5.82. The van der Waals surface area contributed by atoms with Gasteiger partial charge in [0.15, 0.2) is 12.4 Å². The van der Waals surface area contributed by atoms with Crippen LogP contribution in [0.5, 0.6) is 0 Å². The standard InChI is InChI=1S/C34H40N2O7/c1-23(41-24(2)38)33(39)35-20-26-4-3-5-30(18-26)27-10-12-29(13-11-27)34-42-31(21-36-14-16-40-17-15-36)19-32(43-34)28-8-6-25(22-37)7-9-28/h3-13,18,23,31-32,34,37H,14-17,19-22H2,1-2H3,(H,35,39). The number of hydrogen-bond donors (Lipinski definition) is 2. The fraction of sp³-hybridized carbons (Fsp3) is 0.412. The molecule has 3 aromatic rings. The van der Waals surface area contributed by atoms with Crippen molar-refractivity contribution in [3.8, 4) is 11.1 Å². The van der Waals surface area contributed by atoms with Crippen molar-refractivity contribution in [2.24, 2.45) is 0 Å².